The molecule has 1 N–H and O–H groups in total. The first-order valence-corrected chi connectivity index (χ1v) is 9.57. The average Bonchev–Trinajstić information content (AvgIpc) is 2.98. The van der Waals surface area contributed by atoms with Crippen LogP contribution in [-0.4, -0.2) is 41.2 Å². The number of rotatable bonds is 7. The van der Waals surface area contributed by atoms with Crippen molar-refractivity contribution in [1.29, 1.82) is 0 Å². The Morgan fingerprint density at radius 1 is 1.10 bits per heavy atom. The van der Waals surface area contributed by atoms with Crippen molar-refractivity contribution in [3.8, 4) is 0 Å². The van der Waals surface area contributed by atoms with Crippen LogP contribution in [0.5, 0.6) is 0 Å². The van der Waals surface area contributed by atoms with Gasteiger partial charge in [0, 0.05) is 12.2 Å². The van der Waals surface area contributed by atoms with Gasteiger partial charge < -0.3 is 10.1 Å². The van der Waals surface area contributed by atoms with Gasteiger partial charge in [-0.1, -0.05) is 25.1 Å². The van der Waals surface area contributed by atoms with E-state index in [1.54, 1.807) is 12.1 Å². The minimum atomic E-state index is -1.05. The third kappa shape index (κ3) is 4.15. The summed E-state index contributed by atoms with van der Waals surface area (Å²) >= 11 is 0. The lowest BCUT2D eigenvalue weighted by atomic mass is 10.1. The number of hydrogen-bond acceptors (Lipinski definition) is 5. The van der Waals surface area contributed by atoms with Gasteiger partial charge in [0.05, 0.1) is 16.7 Å². The maximum atomic E-state index is 12.5. The van der Waals surface area contributed by atoms with Gasteiger partial charge in [0.15, 0.2) is 6.10 Å². The number of fused-ring (bicyclic) bond motifs is 1. The number of carbonyl (C=O) groups excluding carboxylic acids is 4. The molecule has 1 aliphatic rings. The number of nitrogens with zero attached hydrogens (tertiary/aromatic N) is 1. The maximum Gasteiger partial charge on any atom is 0.338 e. The molecule has 0 fully saturated rings. The van der Waals surface area contributed by atoms with Gasteiger partial charge in [-0.15, -0.1) is 6.58 Å². The highest BCUT2D eigenvalue weighted by atomic mass is 16.5. The number of imide groups is 1. The number of esters is 1. The Labute approximate surface area is 174 Å². The number of carbonyl (C=O) groups is 4. The standard InChI is InChI=1S/C23H22N2O5/c1-4-12-25-21(27)18-11-8-16(13-19(18)22(25)28)23(29)30-14(3)20(26)24-17-9-6-15(5-2)7-10-17/h4,6-11,13-14H,1,5,12H2,2-3H3,(H,24,26). The minimum Gasteiger partial charge on any atom is -0.449 e. The second-order valence-corrected chi connectivity index (χ2v) is 6.86. The van der Waals surface area contributed by atoms with E-state index in [4.69, 9.17) is 4.74 Å². The predicted molar refractivity (Wildman–Crippen MR) is 111 cm³/mol. The molecular weight excluding hydrogens is 384 g/mol. The van der Waals surface area contributed by atoms with Crippen molar-refractivity contribution in [2.75, 3.05) is 11.9 Å². The summed E-state index contributed by atoms with van der Waals surface area (Å²) in [6.07, 6.45) is 1.29. The Morgan fingerprint density at radius 3 is 2.40 bits per heavy atom. The van der Waals surface area contributed by atoms with Crippen LogP contribution in [0.1, 0.15) is 50.5 Å². The summed E-state index contributed by atoms with van der Waals surface area (Å²) in [6.45, 7) is 7.11. The normalized spacial score (nSPS) is 13.6. The van der Waals surface area contributed by atoms with Crippen LogP contribution in [0.2, 0.25) is 0 Å². The number of amides is 3. The molecule has 2 aromatic rings. The zero-order valence-corrected chi connectivity index (χ0v) is 16.8. The molecule has 0 spiro atoms. The maximum absolute atomic E-state index is 12.5. The highest BCUT2D eigenvalue weighted by Gasteiger charge is 2.35. The van der Waals surface area contributed by atoms with Gasteiger partial charge in [-0.25, -0.2) is 4.79 Å². The summed E-state index contributed by atoms with van der Waals surface area (Å²) in [5, 5.41) is 2.69. The minimum absolute atomic E-state index is 0.0855. The summed E-state index contributed by atoms with van der Waals surface area (Å²) in [5.41, 5.74) is 2.18. The third-order valence-corrected chi connectivity index (χ3v) is 4.80. The third-order valence-electron chi connectivity index (χ3n) is 4.80. The zero-order valence-electron chi connectivity index (χ0n) is 16.8. The first-order chi connectivity index (χ1) is 14.3. The second kappa shape index (κ2) is 8.73. The van der Waals surface area contributed by atoms with E-state index < -0.39 is 29.8 Å². The van der Waals surface area contributed by atoms with Gasteiger partial charge in [0.1, 0.15) is 0 Å². The molecule has 3 rings (SSSR count). The van der Waals surface area contributed by atoms with Gasteiger partial charge in [-0.3, -0.25) is 19.3 Å². The van der Waals surface area contributed by atoms with E-state index in [1.807, 2.05) is 19.1 Å². The van der Waals surface area contributed by atoms with Crippen LogP contribution < -0.4 is 5.32 Å². The molecule has 30 heavy (non-hydrogen) atoms. The monoisotopic (exact) mass is 406 g/mol. The Balaban J connectivity index is 1.67. The van der Waals surface area contributed by atoms with Crippen LogP contribution in [-0.2, 0) is 16.0 Å². The van der Waals surface area contributed by atoms with E-state index in [9.17, 15) is 19.2 Å². The molecule has 7 nitrogen and oxygen atoms in total. The molecule has 154 valence electrons. The number of hydrogen-bond donors (Lipinski definition) is 1. The summed E-state index contributed by atoms with van der Waals surface area (Å²) in [5.74, 6) is -2.16. The van der Waals surface area contributed by atoms with E-state index in [1.165, 1.54) is 31.2 Å². The Bertz CT molecular complexity index is 1030. The molecule has 0 saturated carbocycles. The molecule has 0 aliphatic carbocycles. The summed E-state index contributed by atoms with van der Waals surface area (Å²) in [6, 6.07) is 11.5. The van der Waals surface area contributed by atoms with Crippen LogP contribution >= 0.6 is 0 Å². The summed E-state index contributed by atoms with van der Waals surface area (Å²) in [7, 11) is 0. The predicted octanol–water partition coefficient (Wildman–Crippen LogP) is 3.22. The SMILES string of the molecule is C=CCN1C(=O)c2ccc(C(=O)OC(C)C(=O)Nc3ccc(CC)cc3)cc2C1=O. The van der Waals surface area contributed by atoms with Crippen LogP contribution in [0.15, 0.2) is 55.1 Å². The van der Waals surface area contributed by atoms with Gasteiger partial charge in [-0.2, -0.15) is 0 Å². The lowest BCUT2D eigenvalue weighted by molar-refractivity contribution is -0.123. The van der Waals surface area contributed by atoms with Crippen molar-refractivity contribution < 1.29 is 23.9 Å². The molecule has 1 atom stereocenters. The molecule has 0 aromatic heterocycles. The number of aryl methyl sites for hydroxylation is 1. The van der Waals surface area contributed by atoms with E-state index >= 15 is 0 Å². The molecule has 1 unspecified atom stereocenters. The fraction of sp³-hybridized carbons (Fsp3) is 0.217. The van der Waals surface area contributed by atoms with E-state index in [2.05, 4.69) is 11.9 Å². The Kier molecular flexibility index (Phi) is 6.11. The first-order valence-electron chi connectivity index (χ1n) is 9.57. The molecule has 3 amide bonds. The number of ether oxygens (including phenoxy) is 1. The topological polar surface area (TPSA) is 92.8 Å². The smallest absolute Gasteiger partial charge is 0.338 e. The molecule has 2 aromatic carbocycles. The van der Waals surface area contributed by atoms with Gasteiger partial charge >= 0.3 is 5.97 Å². The van der Waals surface area contributed by atoms with E-state index in [0.29, 0.717) is 5.69 Å². The van der Waals surface area contributed by atoms with Crippen molar-refractivity contribution >= 4 is 29.4 Å². The quantitative estimate of drug-likeness (QED) is 0.433. The zero-order chi connectivity index (χ0) is 21.8. The van der Waals surface area contributed by atoms with Crippen molar-refractivity contribution in [3.63, 3.8) is 0 Å². The first kappa shape index (κ1) is 21.0. The number of nitrogens with one attached hydrogen (secondary N) is 1. The van der Waals surface area contributed by atoms with E-state index in [0.717, 1.165) is 16.9 Å². The highest BCUT2D eigenvalue weighted by molar-refractivity contribution is 6.22. The highest BCUT2D eigenvalue weighted by Crippen LogP contribution is 2.24. The van der Waals surface area contributed by atoms with Gasteiger partial charge in [0.25, 0.3) is 17.7 Å². The van der Waals surface area contributed by atoms with Gasteiger partial charge in [0.2, 0.25) is 0 Å². The Hall–Kier alpha value is -3.74. The summed E-state index contributed by atoms with van der Waals surface area (Å²) in [4.78, 5) is 50.5. The molecular formula is C23H22N2O5. The average molecular weight is 406 g/mol. The lowest BCUT2D eigenvalue weighted by Gasteiger charge is -2.14. The van der Waals surface area contributed by atoms with Gasteiger partial charge in [-0.05, 0) is 49.2 Å². The second-order valence-electron chi connectivity index (χ2n) is 6.86. The van der Waals surface area contributed by atoms with Crippen molar-refractivity contribution in [2.24, 2.45) is 0 Å². The summed E-state index contributed by atoms with van der Waals surface area (Å²) < 4.78 is 5.23. The van der Waals surface area contributed by atoms with Crippen molar-refractivity contribution in [3.05, 3.63) is 77.4 Å². The molecule has 1 aliphatic heterocycles. The largest absolute Gasteiger partial charge is 0.449 e. The number of benzene rings is 2. The van der Waals surface area contributed by atoms with Crippen LogP contribution in [0.25, 0.3) is 0 Å². The molecule has 1 heterocycles. The van der Waals surface area contributed by atoms with Crippen molar-refractivity contribution in [1.82, 2.24) is 4.90 Å². The molecule has 7 heteroatoms. The van der Waals surface area contributed by atoms with Crippen LogP contribution in [0.4, 0.5) is 5.69 Å². The molecule has 0 saturated heterocycles. The lowest BCUT2D eigenvalue weighted by Crippen LogP contribution is -2.30. The Morgan fingerprint density at radius 2 is 1.77 bits per heavy atom. The van der Waals surface area contributed by atoms with E-state index in [-0.39, 0.29) is 23.2 Å². The van der Waals surface area contributed by atoms with Crippen molar-refractivity contribution in [2.45, 2.75) is 26.4 Å². The molecule has 0 bridgehead atoms. The van der Waals surface area contributed by atoms with Crippen LogP contribution in [0, 0.1) is 0 Å². The van der Waals surface area contributed by atoms with Crippen LogP contribution in [0.3, 0.4) is 0 Å². The fourth-order valence-electron chi connectivity index (χ4n) is 3.06. The molecule has 0 radical (unpaired) electrons. The fourth-order valence-corrected chi connectivity index (χ4v) is 3.06. The number of anilines is 1.